The lowest BCUT2D eigenvalue weighted by Gasteiger charge is -2.29. The number of ether oxygens (including phenoxy) is 1. The van der Waals surface area contributed by atoms with Gasteiger partial charge in [0.15, 0.2) is 5.13 Å². The molecule has 0 bridgehead atoms. The van der Waals surface area contributed by atoms with Gasteiger partial charge in [0, 0.05) is 17.8 Å². The van der Waals surface area contributed by atoms with E-state index >= 15 is 0 Å². The lowest BCUT2D eigenvalue weighted by atomic mass is 10.2. The Morgan fingerprint density at radius 3 is 2.84 bits per heavy atom. The molecule has 1 aliphatic heterocycles. The van der Waals surface area contributed by atoms with E-state index in [0.717, 1.165) is 21.2 Å². The van der Waals surface area contributed by atoms with Gasteiger partial charge in [-0.2, -0.15) is 0 Å². The zero-order valence-corrected chi connectivity index (χ0v) is 18.7. The highest BCUT2D eigenvalue weighted by Gasteiger charge is 2.28. The molecule has 0 aliphatic carbocycles. The van der Waals surface area contributed by atoms with E-state index in [4.69, 9.17) is 4.74 Å². The van der Waals surface area contributed by atoms with Gasteiger partial charge in [0.25, 0.3) is 5.56 Å². The zero-order chi connectivity index (χ0) is 23.0. The average Bonchev–Trinajstić information content (AvgIpc) is 3.10. The van der Waals surface area contributed by atoms with E-state index in [9.17, 15) is 18.8 Å². The first kappa shape index (κ1) is 21.9. The van der Waals surface area contributed by atoms with Crippen LogP contribution in [0.2, 0.25) is 0 Å². The van der Waals surface area contributed by atoms with Gasteiger partial charge in [-0.25, -0.2) is 19.2 Å². The molecule has 168 valence electrons. The van der Waals surface area contributed by atoms with Gasteiger partial charge in [-0.3, -0.25) is 14.2 Å². The summed E-state index contributed by atoms with van der Waals surface area (Å²) in [6.07, 6.45) is 1.43. The smallest absolute Gasteiger partial charge is 0.410 e. The highest BCUT2D eigenvalue weighted by molar-refractivity contribution is 7.15. The molecular formula is C21H22FN5O4S. The van der Waals surface area contributed by atoms with Crippen LogP contribution in [0.15, 0.2) is 29.3 Å². The second-order valence-electron chi connectivity index (χ2n) is 8.43. The van der Waals surface area contributed by atoms with Gasteiger partial charge in [-0.05, 0) is 39.0 Å². The highest BCUT2D eigenvalue weighted by Crippen LogP contribution is 2.29. The van der Waals surface area contributed by atoms with Gasteiger partial charge in [0.05, 0.1) is 29.5 Å². The number of halogens is 1. The van der Waals surface area contributed by atoms with Crippen LogP contribution in [0.4, 0.5) is 14.3 Å². The van der Waals surface area contributed by atoms with E-state index in [1.165, 1.54) is 29.8 Å². The number of carbonyl (C=O) groups excluding carboxylic acids is 2. The van der Waals surface area contributed by atoms with Gasteiger partial charge in [0.2, 0.25) is 5.91 Å². The number of anilines is 1. The molecule has 2 amide bonds. The summed E-state index contributed by atoms with van der Waals surface area (Å²) in [5, 5.41) is 3.18. The molecule has 32 heavy (non-hydrogen) atoms. The largest absolute Gasteiger partial charge is 0.444 e. The molecule has 0 saturated carbocycles. The molecule has 1 N–H and O–H groups in total. The van der Waals surface area contributed by atoms with Crippen LogP contribution in [0.3, 0.4) is 0 Å². The first-order chi connectivity index (χ1) is 15.1. The first-order valence-corrected chi connectivity index (χ1v) is 10.8. The zero-order valence-electron chi connectivity index (χ0n) is 17.8. The number of nitrogens with zero attached hydrogens (tertiary/aromatic N) is 4. The molecule has 3 aromatic rings. The number of aromatic nitrogens is 3. The van der Waals surface area contributed by atoms with E-state index in [-0.39, 0.29) is 18.0 Å². The van der Waals surface area contributed by atoms with Crippen LogP contribution in [-0.2, 0) is 29.0 Å². The van der Waals surface area contributed by atoms with Crippen molar-refractivity contribution in [3.8, 4) is 0 Å². The normalized spacial score (nSPS) is 13.7. The van der Waals surface area contributed by atoms with Gasteiger partial charge in [-0.1, -0.05) is 11.3 Å². The Labute approximate surface area is 186 Å². The molecule has 0 radical (unpaired) electrons. The van der Waals surface area contributed by atoms with Gasteiger partial charge in [0.1, 0.15) is 18.0 Å². The second-order valence-corrected chi connectivity index (χ2v) is 9.51. The van der Waals surface area contributed by atoms with Crippen molar-refractivity contribution in [2.24, 2.45) is 0 Å². The van der Waals surface area contributed by atoms with Crippen molar-refractivity contribution in [2.75, 3.05) is 11.9 Å². The molecule has 1 aromatic carbocycles. The summed E-state index contributed by atoms with van der Waals surface area (Å²) in [7, 11) is 0. The number of benzene rings is 1. The van der Waals surface area contributed by atoms with Crippen molar-refractivity contribution < 1.29 is 18.7 Å². The fraction of sp³-hybridized carbons (Fsp3) is 0.381. The van der Waals surface area contributed by atoms with Crippen molar-refractivity contribution in [1.29, 1.82) is 0 Å². The van der Waals surface area contributed by atoms with E-state index in [0.29, 0.717) is 30.2 Å². The van der Waals surface area contributed by atoms with Crippen LogP contribution in [0.25, 0.3) is 10.9 Å². The van der Waals surface area contributed by atoms with E-state index < -0.39 is 22.9 Å². The monoisotopic (exact) mass is 459 g/mol. The summed E-state index contributed by atoms with van der Waals surface area (Å²) in [4.78, 5) is 48.4. The Hall–Kier alpha value is -3.34. The summed E-state index contributed by atoms with van der Waals surface area (Å²) in [6.45, 7) is 5.99. The standard InChI is InChI=1S/C21H22FN5O4S/c1-21(2,3)31-20(30)26-7-6-15-16(9-26)32-19(24-15)25-17(28)10-27-11-23-14-5-4-12(22)8-13(14)18(27)29/h4-5,8,11H,6-7,9-10H2,1-3H3,(H,24,25,28). The fourth-order valence-electron chi connectivity index (χ4n) is 3.29. The molecule has 2 aromatic heterocycles. The number of thiazole rings is 1. The first-order valence-electron chi connectivity index (χ1n) is 10.00. The Bertz CT molecular complexity index is 1260. The third kappa shape index (κ3) is 4.77. The lowest BCUT2D eigenvalue weighted by molar-refractivity contribution is -0.116. The molecule has 1 aliphatic rings. The third-order valence-electron chi connectivity index (χ3n) is 4.73. The third-order valence-corrected chi connectivity index (χ3v) is 5.73. The minimum Gasteiger partial charge on any atom is -0.444 e. The summed E-state index contributed by atoms with van der Waals surface area (Å²) >= 11 is 1.28. The Morgan fingerprint density at radius 2 is 2.09 bits per heavy atom. The second kappa shape index (κ2) is 8.30. The van der Waals surface area contributed by atoms with Crippen LogP contribution in [0.5, 0.6) is 0 Å². The average molecular weight is 460 g/mol. The number of carbonyl (C=O) groups is 2. The van der Waals surface area contributed by atoms with E-state index in [2.05, 4.69) is 15.3 Å². The molecule has 3 heterocycles. The van der Waals surface area contributed by atoms with Gasteiger partial charge < -0.3 is 15.0 Å². The van der Waals surface area contributed by atoms with Gasteiger partial charge in [-0.15, -0.1) is 0 Å². The summed E-state index contributed by atoms with van der Waals surface area (Å²) in [5.41, 5.74) is 0.0995. The lowest BCUT2D eigenvalue weighted by Crippen LogP contribution is -2.39. The Balaban J connectivity index is 1.44. The molecule has 11 heteroatoms. The topological polar surface area (TPSA) is 106 Å². The van der Waals surface area contributed by atoms with Crippen molar-refractivity contribution in [3.05, 3.63) is 51.3 Å². The molecule has 0 fully saturated rings. The minimum atomic E-state index is -0.578. The van der Waals surface area contributed by atoms with Crippen molar-refractivity contribution in [1.82, 2.24) is 19.4 Å². The number of rotatable bonds is 3. The van der Waals surface area contributed by atoms with Gasteiger partial charge >= 0.3 is 6.09 Å². The molecular weight excluding hydrogens is 437 g/mol. The maximum atomic E-state index is 13.5. The molecule has 4 rings (SSSR count). The molecule has 0 atom stereocenters. The number of amides is 2. The Morgan fingerprint density at radius 1 is 1.31 bits per heavy atom. The van der Waals surface area contributed by atoms with Crippen LogP contribution >= 0.6 is 11.3 Å². The fourth-order valence-corrected chi connectivity index (χ4v) is 4.33. The molecule has 0 saturated heterocycles. The van der Waals surface area contributed by atoms with Crippen LogP contribution in [-0.4, -0.2) is 43.6 Å². The van der Waals surface area contributed by atoms with Crippen molar-refractivity contribution in [2.45, 2.75) is 45.9 Å². The highest BCUT2D eigenvalue weighted by atomic mass is 32.1. The van der Waals surface area contributed by atoms with E-state index in [1.807, 2.05) is 20.8 Å². The van der Waals surface area contributed by atoms with Crippen molar-refractivity contribution in [3.63, 3.8) is 0 Å². The number of fused-ring (bicyclic) bond motifs is 2. The maximum absolute atomic E-state index is 13.5. The summed E-state index contributed by atoms with van der Waals surface area (Å²) < 4.78 is 20.0. The Kier molecular flexibility index (Phi) is 5.68. The van der Waals surface area contributed by atoms with Crippen LogP contribution < -0.4 is 10.9 Å². The number of hydrogen-bond acceptors (Lipinski definition) is 7. The SMILES string of the molecule is CC(C)(C)OC(=O)N1CCc2nc(NC(=O)Cn3cnc4ccc(F)cc4c3=O)sc2C1. The predicted octanol–water partition coefficient (Wildman–Crippen LogP) is 2.92. The summed E-state index contributed by atoms with van der Waals surface area (Å²) in [5.74, 6) is -1.01. The quantitative estimate of drug-likeness (QED) is 0.646. The number of nitrogens with one attached hydrogen (secondary N) is 1. The van der Waals surface area contributed by atoms with Crippen LogP contribution in [0, 0.1) is 5.82 Å². The molecule has 0 spiro atoms. The predicted molar refractivity (Wildman–Crippen MR) is 117 cm³/mol. The summed E-state index contributed by atoms with van der Waals surface area (Å²) in [6, 6.07) is 3.74. The molecule has 0 unspecified atom stereocenters. The van der Waals surface area contributed by atoms with Crippen molar-refractivity contribution >= 4 is 39.4 Å². The van der Waals surface area contributed by atoms with Crippen LogP contribution in [0.1, 0.15) is 31.3 Å². The maximum Gasteiger partial charge on any atom is 0.410 e. The molecule has 9 nitrogen and oxygen atoms in total. The number of hydrogen-bond donors (Lipinski definition) is 1. The minimum absolute atomic E-state index is 0.104. The van der Waals surface area contributed by atoms with E-state index in [1.54, 1.807) is 4.90 Å².